The van der Waals surface area contributed by atoms with Crippen LogP contribution >= 0.6 is 0 Å². The number of carbonyl (C=O) groups is 1. The molecule has 1 aromatic carbocycles. The first kappa shape index (κ1) is 10.4. The molecule has 2 rings (SSSR count). The average Bonchev–Trinajstić information content (AvgIpc) is 2.78. The Morgan fingerprint density at radius 1 is 1.38 bits per heavy atom. The quantitative estimate of drug-likeness (QED) is 0.858. The molecular weight excluding hydrogens is 206 g/mol. The summed E-state index contributed by atoms with van der Waals surface area (Å²) in [7, 11) is 0. The third kappa shape index (κ3) is 1.95. The Labute approximate surface area is 92.5 Å². The van der Waals surface area contributed by atoms with E-state index in [9.17, 15) is 4.79 Å². The van der Waals surface area contributed by atoms with E-state index in [0.29, 0.717) is 5.69 Å². The number of carboxylic acid groups (broad SMARTS) is 1. The predicted molar refractivity (Wildman–Crippen MR) is 57.4 cm³/mol. The van der Waals surface area contributed by atoms with E-state index >= 15 is 0 Å². The highest BCUT2D eigenvalue weighted by Gasteiger charge is 2.16. The molecule has 4 heteroatoms. The summed E-state index contributed by atoms with van der Waals surface area (Å²) < 4.78 is 4.72. The second-order valence-electron chi connectivity index (χ2n) is 3.55. The summed E-state index contributed by atoms with van der Waals surface area (Å²) in [6.45, 7) is 1.96. The minimum absolute atomic E-state index is 0.0260. The van der Waals surface area contributed by atoms with E-state index in [1.54, 1.807) is 0 Å². The van der Waals surface area contributed by atoms with Gasteiger partial charge in [0.1, 0.15) is 0 Å². The molecule has 1 heterocycles. The predicted octanol–water partition coefficient (Wildman–Crippen LogP) is 2.52. The first-order valence-corrected chi connectivity index (χ1v) is 4.93. The van der Waals surface area contributed by atoms with Crippen molar-refractivity contribution in [2.45, 2.75) is 12.8 Å². The van der Waals surface area contributed by atoms with Gasteiger partial charge >= 0.3 is 5.97 Å². The molecule has 0 amide bonds. The van der Waals surface area contributed by atoms with Crippen LogP contribution in [-0.4, -0.2) is 16.2 Å². The maximum Gasteiger partial charge on any atom is 0.374 e. The molecule has 0 aliphatic heterocycles. The number of hydrogen-bond donors (Lipinski definition) is 1. The van der Waals surface area contributed by atoms with Crippen LogP contribution in [0, 0.1) is 0 Å². The summed E-state index contributed by atoms with van der Waals surface area (Å²) in [4.78, 5) is 10.6. The van der Waals surface area contributed by atoms with Crippen LogP contribution in [0.3, 0.4) is 0 Å². The maximum absolute atomic E-state index is 10.6. The first-order valence-electron chi connectivity index (χ1n) is 4.93. The van der Waals surface area contributed by atoms with Crippen LogP contribution in [0.25, 0.3) is 0 Å². The molecule has 0 fully saturated rings. The Morgan fingerprint density at radius 2 is 2.06 bits per heavy atom. The molecule has 0 bridgehead atoms. The molecule has 0 unspecified atom stereocenters. The molecular formula is C12H11NO3. The third-order valence-corrected chi connectivity index (χ3v) is 2.48. The van der Waals surface area contributed by atoms with Crippen LogP contribution in [0.2, 0.25) is 0 Å². The Morgan fingerprint density at radius 3 is 2.62 bits per heavy atom. The van der Waals surface area contributed by atoms with Gasteiger partial charge in [-0.1, -0.05) is 42.4 Å². The van der Waals surface area contributed by atoms with E-state index in [0.717, 1.165) is 5.56 Å². The van der Waals surface area contributed by atoms with Crippen molar-refractivity contribution >= 4 is 5.97 Å². The first-order chi connectivity index (χ1) is 7.68. The highest BCUT2D eigenvalue weighted by atomic mass is 16.5. The topological polar surface area (TPSA) is 63.3 Å². The van der Waals surface area contributed by atoms with Crippen molar-refractivity contribution < 1.29 is 14.4 Å². The Kier molecular flexibility index (Phi) is 2.72. The van der Waals surface area contributed by atoms with Crippen molar-refractivity contribution in [2.24, 2.45) is 0 Å². The lowest BCUT2D eigenvalue weighted by Crippen LogP contribution is -1.96. The molecule has 1 N–H and O–H groups in total. The minimum atomic E-state index is -1.10. The van der Waals surface area contributed by atoms with Crippen LogP contribution in [0.4, 0.5) is 0 Å². The van der Waals surface area contributed by atoms with Gasteiger partial charge in [0, 0.05) is 12.0 Å². The summed E-state index contributed by atoms with van der Waals surface area (Å²) in [5.74, 6) is -1.20. The van der Waals surface area contributed by atoms with Gasteiger partial charge in [-0.15, -0.1) is 0 Å². The molecule has 1 aromatic heterocycles. The largest absolute Gasteiger partial charge is 0.475 e. The Bertz CT molecular complexity index is 490. The van der Waals surface area contributed by atoms with Crippen molar-refractivity contribution in [3.63, 3.8) is 0 Å². The zero-order valence-electron chi connectivity index (χ0n) is 8.75. The van der Waals surface area contributed by atoms with Gasteiger partial charge in [-0.3, -0.25) is 0 Å². The summed E-state index contributed by atoms with van der Waals surface area (Å²) in [6, 6.07) is 11.2. The fourth-order valence-corrected chi connectivity index (χ4v) is 1.51. The molecule has 2 aromatic rings. The molecule has 4 nitrogen and oxygen atoms in total. The number of aromatic nitrogens is 1. The molecule has 0 aliphatic carbocycles. The van der Waals surface area contributed by atoms with Crippen molar-refractivity contribution in [1.82, 2.24) is 5.16 Å². The lowest BCUT2D eigenvalue weighted by molar-refractivity contribution is 0.0652. The molecule has 1 atom stereocenters. The summed E-state index contributed by atoms with van der Waals surface area (Å²) in [5.41, 5.74) is 1.70. The molecule has 0 saturated heterocycles. The zero-order chi connectivity index (χ0) is 11.5. The van der Waals surface area contributed by atoms with Gasteiger partial charge in [0.25, 0.3) is 0 Å². The normalized spacial score (nSPS) is 12.3. The number of hydrogen-bond acceptors (Lipinski definition) is 3. The number of rotatable bonds is 3. The third-order valence-electron chi connectivity index (χ3n) is 2.48. The molecule has 0 spiro atoms. The second kappa shape index (κ2) is 4.18. The summed E-state index contributed by atoms with van der Waals surface area (Å²) in [5, 5.41) is 12.5. The van der Waals surface area contributed by atoms with Gasteiger partial charge in [-0.05, 0) is 5.56 Å². The van der Waals surface area contributed by atoms with Crippen LogP contribution in [0.1, 0.15) is 34.7 Å². The van der Waals surface area contributed by atoms with Gasteiger partial charge in [0.2, 0.25) is 5.76 Å². The molecule has 16 heavy (non-hydrogen) atoms. The standard InChI is InChI=1S/C12H11NO3/c1-8(9-5-3-2-4-6-9)10-7-11(12(14)15)16-13-10/h2-8H,1H3,(H,14,15)/t8-/m0/s1. The minimum Gasteiger partial charge on any atom is -0.475 e. The lowest BCUT2D eigenvalue weighted by atomic mass is 9.98. The van der Waals surface area contributed by atoms with Crippen molar-refractivity contribution in [3.8, 4) is 0 Å². The zero-order valence-corrected chi connectivity index (χ0v) is 8.75. The van der Waals surface area contributed by atoms with E-state index < -0.39 is 5.97 Å². The van der Waals surface area contributed by atoms with Crippen LogP contribution < -0.4 is 0 Å². The van der Waals surface area contributed by atoms with Crippen molar-refractivity contribution in [2.75, 3.05) is 0 Å². The van der Waals surface area contributed by atoms with Crippen LogP contribution in [0.5, 0.6) is 0 Å². The molecule has 0 radical (unpaired) electrons. The van der Waals surface area contributed by atoms with E-state index in [-0.39, 0.29) is 11.7 Å². The molecule has 0 saturated carbocycles. The summed E-state index contributed by atoms with van der Waals surface area (Å²) >= 11 is 0. The van der Waals surface area contributed by atoms with Gasteiger partial charge < -0.3 is 9.63 Å². The smallest absolute Gasteiger partial charge is 0.374 e. The lowest BCUT2D eigenvalue weighted by Gasteiger charge is -2.06. The highest BCUT2D eigenvalue weighted by Crippen LogP contribution is 2.23. The van der Waals surface area contributed by atoms with E-state index in [1.165, 1.54) is 6.07 Å². The molecule has 0 aliphatic rings. The van der Waals surface area contributed by atoms with Gasteiger partial charge in [-0.2, -0.15) is 0 Å². The summed E-state index contributed by atoms with van der Waals surface area (Å²) in [6.07, 6.45) is 0. The maximum atomic E-state index is 10.6. The Hall–Kier alpha value is -2.10. The SMILES string of the molecule is C[C@@H](c1ccccc1)c1cc(C(=O)O)on1. The number of nitrogens with zero attached hydrogens (tertiary/aromatic N) is 1. The van der Waals surface area contributed by atoms with Gasteiger partial charge in [-0.25, -0.2) is 4.79 Å². The number of carboxylic acids is 1. The number of benzene rings is 1. The van der Waals surface area contributed by atoms with Crippen LogP contribution in [-0.2, 0) is 0 Å². The van der Waals surface area contributed by atoms with Crippen molar-refractivity contribution in [1.29, 1.82) is 0 Å². The Balaban J connectivity index is 2.27. The van der Waals surface area contributed by atoms with Crippen molar-refractivity contribution in [3.05, 3.63) is 53.4 Å². The monoisotopic (exact) mass is 217 g/mol. The van der Waals surface area contributed by atoms with Gasteiger partial charge in [0.15, 0.2) is 0 Å². The van der Waals surface area contributed by atoms with E-state index in [1.807, 2.05) is 37.3 Å². The fourth-order valence-electron chi connectivity index (χ4n) is 1.51. The second-order valence-corrected chi connectivity index (χ2v) is 3.55. The van der Waals surface area contributed by atoms with E-state index in [2.05, 4.69) is 5.16 Å². The van der Waals surface area contributed by atoms with E-state index in [4.69, 9.17) is 9.63 Å². The number of aromatic carboxylic acids is 1. The average molecular weight is 217 g/mol. The highest BCUT2D eigenvalue weighted by molar-refractivity contribution is 5.84. The van der Waals surface area contributed by atoms with Gasteiger partial charge in [0.05, 0.1) is 5.69 Å². The molecule has 82 valence electrons. The fraction of sp³-hybridized carbons (Fsp3) is 0.167. The van der Waals surface area contributed by atoms with Crippen LogP contribution in [0.15, 0.2) is 40.9 Å².